The lowest BCUT2D eigenvalue weighted by Gasteiger charge is -2.13. The molecule has 0 saturated carbocycles. The van der Waals surface area contributed by atoms with Gasteiger partial charge in [0.2, 0.25) is 0 Å². The van der Waals surface area contributed by atoms with Crippen LogP contribution in [0.1, 0.15) is 36.1 Å². The third-order valence-electron chi connectivity index (χ3n) is 4.40. The van der Waals surface area contributed by atoms with Gasteiger partial charge in [0.15, 0.2) is 5.76 Å². The number of nitrogens with one attached hydrogen (secondary N) is 1. The Morgan fingerprint density at radius 2 is 1.80 bits per heavy atom. The summed E-state index contributed by atoms with van der Waals surface area (Å²) in [6.45, 7) is 4.11. The van der Waals surface area contributed by atoms with Gasteiger partial charge in [0, 0.05) is 27.7 Å². The van der Waals surface area contributed by atoms with Crippen LogP contribution in [0.5, 0.6) is 0 Å². The van der Waals surface area contributed by atoms with Crippen molar-refractivity contribution < 1.29 is 4.52 Å². The van der Waals surface area contributed by atoms with Crippen LogP contribution in [0, 0.1) is 12.3 Å². The van der Waals surface area contributed by atoms with Crippen LogP contribution in [0.4, 0.5) is 0 Å². The van der Waals surface area contributed by atoms with Gasteiger partial charge in [-0.15, -0.1) is 0 Å². The normalized spacial score (nSPS) is 12.1. The molecule has 0 aliphatic carbocycles. The predicted molar refractivity (Wildman–Crippen MR) is 105 cm³/mol. The minimum atomic E-state index is 0.324. The molecule has 0 radical (unpaired) electrons. The highest BCUT2D eigenvalue weighted by atomic mass is 79.9. The lowest BCUT2D eigenvalue weighted by atomic mass is 9.92. The van der Waals surface area contributed by atoms with Crippen molar-refractivity contribution >= 4 is 21.6 Å². The smallest absolute Gasteiger partial charge is 0.170 e. The summed E-state index contributed by atoms with van der Waals surface area (Å²) in [4.78, 5) is 0. The van der Waals surface area contributed by atoms with Crippen LogP contribution in [0.15, 0.2) is 63.6 Å². The summed E-state index contributed by atoms with van der Waals surface area (Å²) in [5.41, 5.74) is 4.81. The predicted octanol–water partition coefficient (Wildman–Crippen LogP) is 6.17. The highest BCUT2D eigenvalue weighted by Crippen LogP contribution is 2.29. The highest BCUT2D eigenvalue weighted by molar-refractivity contribution is 9.10. The average Bonchev–Trinajstić information content (AvgIpc) is 2.97. The molecule has 2 aromatic carbocycles. The van der Waals surface area contributed by atoms with E-state index in [2.05, 4.69) is 40.1 Å². The molecule has 1 N–H and O–H groups in total. The van der Waals surface area contributed by atoms with E-state index in [9.17, 15) is 0 Å². The number of aryl methyl sites for hydroxylation is 1. The molecule has 0 bridgehead atoms. The van der Waals surface area contributed by atoms with Crippen LogP contribution < -0.4 is 0 Å². The van der Waals surface area contributed by atoms with Crippen LogP contribution >= 0.6 is 15.9 Å². The molecule has 3 nitrogen and oxygen atoms in total. The second-order valence-electron chi connectivity index (χ2n) is 6.38. The first-order valence-electron chi connectivity index (χ1n) is 8.37. The van der Waals surface area contributed by atoms with Crippen LogP contribution in [-0.2, 0) is 6.42 Å². The molecule has 0 aliphatic heterocycles. The number of nitrogens with zero attached hydrogens (tertiary/aromatic N) is 1. The number of benzene rings is 2. The lowest BCUT2D eigenvalue weighted by molar-refractivity contribution is 0.427. The molecule has 0 amide bonds. The Morgan fingerprint density at radius 1 is 1.12 bits per heavy atom. The summed E-state index contributed by atoms with van der Waals surface area (Å²) >= 11 is 3.45. The number of hydrogen-bond acceptors (Lipinski definition) is 3. The molecule has 3 aromatic rings. The summed E-state index contributed by atoms with van der Waals surface area (Å²) in [5.74, 6) is 1.09. The van der Waals surface area contributed by atoms with Gasteiger partial charge in [-0.3, -0.25) is 0 Å². The van der Waals surface area contributed by atoms with E-state index < -0.39 is 0 Å². The maximum absolute atomic E-state index is 8.46. The zero-order valence-corrected chi connectivity index (χ0v) is 16.0. The standard InChI is InChI=1S/C21H21BrN2O/c1-14(16-6-4-3-5-7-16)12-19(23)13-20-15(2)24-25-21(20)17-8-10-18(22)11-9-17/h3-11,14,23H,12-13H2,1-2H3. The monoisotopic (exact) mass is 396 g/mol. The summed E-state index contributed by atoms with van der Waals surface area (Å²) in [6, 6.07) is 18.3. The molecule has 1 unspecified atom stereocenters. The van der Waals surface area contributed by atoms with E-state index in [0.717, 1.165) is 33.5 Å². The highest BCUT2D eigenvalue weighted by Gasteiger charge is 2.18. The maximum atomic E-state index is 8.46. The van der Waals surface area contributed by atoms with Crippen molar-refractivity contribution in [1.82, 2.24) is 5.16 Å². The van der Waals surface area contributed by atoms with Gasteiger partial charge in [0.1, 0.15) is 0 Å². The van der Waals surface area contributed by atoms with Crippen molar-refractivity contribution in [3.8, 4) is 11.3 Å². The lowest BCUT2D eigenvalue weighted by Crippen LogP contribution is -2.08. The molecule has 25 heavy (non-hydrogen) atoms. The Balaban J connectivity index is 1.75. The van der Waals surface area contributed by atoms with Crippen molar-refractivity contribution in [1.29, 1.82) is 5.41 Å². The molecular weight excluding hydrogens is 376 g/mol. The Kier molecular flexibility index (Phi) is 5.49. The van der Waals surface area contributed by atoms with E-state index in [1.165, 1.54) is 5.56 Å². The fourth-order valence-electron chi connectivity index (χ4n) is 2.98. The number of aromatic nitrogens is 1. The molecule has 0 saturated heterocycles. The Bertz CT molecular complexity index is 853. The zero-order chi connectivity index (χ0) is 17.8. The maximum Gasteiger partial charge on any atom is 0.170 e. The van der Waals surface area contributed by atoms with E-state index in [-0.39, 0.29) is 0 Å². The molecule has 0 aliphatic rings. The van der Waals surface area contributed by atoms with Crippen molar-refractivity contribution in [2.45, 2.75) is 32.6 Å². The molecule has 128 valence electrons. The van der Waals surface area contributed by atoms with Crippen LogP contribution in [-0.4, -0.2) is 10.9 Å². The number of halogens is 1. The van der Waals surface area contributed by atoms with E-state index in [1.54, 1.807) is 0 Å². The molecule has 0 spiro atoms. The quantitative estimate of drug-likeness (QED) is 0.506. The van der Waals surface area contributed by atoms with Gasteiger partial charge in [-0.25, -0.2) is 0 Å². The Morgan fingerprint density at radius 3 is 2.48 bits per heavy atom. The summed E-state index contributed by atoms with van der Waals surface area (Å²) in [6.07, 6.45) is 1.30. The van der Waals surface area contributed by atoms with Gasteiger partial charge in [-0.2, -0.15) is 0 Å². The first-order valence-corrected chi connectivity index (χ1v) is 9.16. The first-order chi connectivity index (χ1) is 12.0. The van der Waals surface area contributed by atoms with Crippen molar-refractivity contribution in [3.63, 3.8) is 0 Å². The van der Waals surface area contributed by atoms with Gasteiger partial charge in [-0.05, 0) is 37.0 Å². The largest absolute Gasteiger partial charge is 0.356 e. The molecule has 1 aromatic heterocycles. The fourth-order valence-corrected chi connectivity index (χ4v) is 3.24. The number of hydrogen-bond donors (Lipinski definition) is 1. The summed E-state index contributed by atoms with van der Waals surface area (Å²) in [7, 11) is 0. The SMILES string of the molecule is Cc1noc(-c2ccc(Br)cc2)c1CC(=N)CC(C)c1ccccc1. The molecule has 3 rings (SSSR count). The van der Waals surface area contributed by atoms with E-state index in [4.69, 9.17) is 9.93 Å². The van der Waals surface area contributed by atoms with Gasteiger partial charge in [0.25, 0.3) is 0 Å². The molecule has 0 fully saturated rings. The van der Waals surface area contributed by atoms with Crippen LogP contribution in [0.3, 0.4) is 0 Å². The minimum absolute atomic E-state index is 0.324. The topological polar surface area (TPSA) is 49.9 Å². The Labute approximate surface area is 156 Å². The van der Waals surface area contributed by atoms with Crippen molar-refractivity contribution in [3.05, 3.63) is 75.9 Å². The molecule has 4 heteroatoms. The van der Waals surface area contributed by atoms with Gasteiger partial charge >= 0.3 is 0 Å². The van der Waals surface area contributed by atoms with Crippen molar-refractivity contribution in [2.75, 3.05) is 0 Å². The average molecular weight is 397 g/mol. The van der Waals surface area contributed by atoms with Gasteiger partial charge < -0.3 is 9.93 Å². The second-order valence-corrected chi connectivity index (χ2v) is 7.29. The van der Waals surface area contributed by atoms with Crippen molar-refractivity contribution in [2.24, 2.45) is 0 Å². The molecular formula is C21H21BrN2O. The number of rotatable bonds is 6. The third kappa shape index (κ3) is 4.26. The minimum Gasteiger partial charge on any atom is -0.356 e. The summed E-state index contributed by atoms with van der Waals surface area (Å²) in [5, 5.41) is 12.6. The van der Waals surface area contributed by atoms with E-state index in [1.807, 2.05) is 49.4 Å². The third-order valence-corrected chi connectivity index (χ3v) is 4.93. The Hall–Kier alpha value is -2.20. The molecule has 1 atom stereocenters. The van der Waals surface area contributed by atoms with Crippen LogP contribution in [0.25, 0.3) is 11.3 Å². The second kappa shape index (κ2) is 7.79. The summed E-state index contributed by atoms with van der Waals surface area (Å²) < 4.78 is 6.58. The van der Waals surface area contributed by atoms with Gasteiger partial charge in [-0.1, -0.05) is 70.5 Å². The zero-order valence-electron chi connectivity index (χ0n) is 14.4. The van der Waals surface area contributed by atoms with Gasteiger partial charge in [0.05, 0.1) is 5.69 Å². The van der Waals surface area contributed by atoms with E-state index in [0.29, 0.717) is 18.1 Å². The first kappa shape index (κ1) is 17.6. The fraction of sp³-hybridized carbons (Fsp3) is 0.238. The molecule has 1 heterocycles. The van der Waals surface area contributed by atoms with Crippen LogP contribution in [0.2, 0.25) is 0 Å². The van der Waals surface area contributed by atoms with E-state index >= 15 is 0 Å².